The smallest absolute Gasteiger partial charge is 0.237 e. The van der Waals surface area contributed by atoms with Gasteiger partial charge in [0.25, 0.3) is 0 Å². The molecule has 1 fully saturated rings. The maximum Gasteiger partial charge on any atom is 0.237 e. The van der Waals surface area contributed by atoms with Crippen LogP contribution >= 0.6 is 0 Å². The summed E-state index contributed by atoms with van der Waals surface area (Å²) in [4.78, 5) is 39.4. The Balaban J connectivity index is 1.34. The van der Waals surface area contributed by atoms with Gasteiger partial charge in [-0.3, -0.25) is 19.3 Å². The quantitative estimate of drug-likeness (QED) is 0.161. The second-order valence-electron chi connectivity index (χ2n) is 11.9. The summed E-state index contributed by atoms with van der Waals surface area (Å²) in [5.41, 5.74) is 2.23. The minimum atomic E-state index is -0.302. The van der Waals surface area contributed by atoms with E-state index in [1.807, 2.05) is 19.1 Å². The summed E-state index contributed by atoms with van der Waals surface area (Å²) in [5.74, 6) is 0.372. The van der Waals surface area contributed by atoms with Crippen LogP contribution in [0.25, 0.3) is 0 Å². The second kappa shape index (κ2) is 14.1. The molecule has 1 aliphatic heterocycles. The van der Waals surface area contributed by atoms with E-state index in [1.54, 1.807) is 6.07 Å². The van der Waals surface area contributed by atoms with Crippen LogP contribution in [-0.4, -0.2) is 17.6 Å². The molecule has 1 heterocycles. The molecule has 0 N–H and O–H groups in total. The van der Waals surface area contributed by atoms with Crippen LogP contribution in [0.15, 0.2) is 18.2 Å². The lowest BCUT2D eigenvalue weighted by Gasteiger charge is -2.22. The Labute approximate surface area is 219 Å². The number of rotatable bonds is 17. The van der Waals surface area contributed by atoms with Gasteiger partial charge in [0.1, 0.15) is 0 Å². The van der Waals surface area contributed by atoms with Crippen molar-refractivity contribution in [2.75, 3.05) is 4.90 Å². The zero-order valence-electron chi connectivity index (χ0n) is 23.3. The Morgan fingerprint density at radius 2 is 1.44 bits per heavy atom. The number of imide groups is 1. The number of Topliss-reactive ketones (excluding diaryl/α,β-unsaturated/α-hetero) is 1. The molecule has 0 spiro atoms. The highest BCUT2D eigenvalue weighted by atomic mass is 16.2. The topological polar surface area (TPSA) is 54.5 Å². The molecule has 36 heavy (non-hydrogen) atoms. The average Bonchev–Trinajstić information content (AvgIpc) is 3.05. The molecule has 1 aromatic carbocycles. The number of hydrogen-bond acceptors (Lipinski definition) is 3. The molecule has 200 valence electrons. The van der Waals surface area contributed by atoms with Crippen molar-refractivity contribution < 1.29 is 14.4 Å². The van der Waals surface area contributed by atoms with Gasteiger partial charge in [-0.05, 0) is 42.4 Å². The van der Waals surface area contributed by atoms with Gasteiger partial charge in [0.15, 0.2) is 5.78 Å². The maximum absolute atomic E-state index is 13.2. The van der Waals surface area contributed by atoms with Crippen molar-refractivity contribution in [2.45, 2.75) is 124 Å². The number of unbranched alkanes of at least 4 members (excludes halogenated alkanes) is 10. The van der Waals surface area contributed by atoms with Gasteiger partial charge in [-0.1, -0.05) is 111 Å². The summed E-state index contributed by atoms with van der Waals surface area (Å²) in [5, 5.41) is 0. The lowest BCUT2D eigenvalue weighted by atomic mass is 9.83. The first-order chi connectivity index (χ1) is 17.3. The van der Waals surface area contributed by atoms with E-state index < -0.39 is 0 Å². The predicted molar refractivity (Wildman–Crippen MR) is 148 cm³/mol. The molecular formula is C32H49NO3. The van der Waals surface area contributed by atoms with E-state index in [9.17, 15) is 14.4 Å². The van der Waals surface area contributed by atoms with Crippen LogP contribution in [0.5, 0.6) is 0 Å². The molecule has 0 aromatic heterocycles. The molecule has 1 aliphatic carbocycles. The van der Waals surface area contributed by atoms with Gasteiger partial charge < -0.3 is 0 Å². The third kappa shape index (κ3) is 7.52. The highest BCUT2D eigenvalue weighted by Gasteiger charge is 2.46. The van der Waals surface area contributed by atoms with Gasteiger partial charge in [0.2, 0.25) is 11.8 Å². The van der Waals surface area contributed by atoms with Crippen molar-refractivity contribution in [1.82, 2.24) is 0 Å². The second-order valence-corrected chi connectivity index (χ2v) is 11.9. The number of fused-ring (bicyclic) bond motifs is 1. The lowest BCUT2D eigenvalue weighted by molar-refractivity contribution is -0.122. The zero-order valence-corrected chi connectivity index (χ0v) is 23.3. The third-order valence-electron chi connectivity index (χ3n) is 8.52. The van der Waals surface area contributed by atoms with Crippen LogP contribution in [0.4, 0.5) is 5.69 Å². The first-order valence-electron chi connectivity index (χ1n) is 14.9. The summed E-state index contributed by atoms with van der Waals surface area (Å²) < 4.78 is 0. The highest BCUT2D eigenvalue weighted by molar-refractivity contribution is 6.22. The monoisotopic (exact) mass is 495 g/mol. The minimum absolute atomic E-state index is 0.0934. The van der Waals surface area contributed by atoms with E-state index >= 15 is 0 Å². The molecular weight excluding hydrogens is 446 g/mol. The Hall–Kier alpha value is -1.97. The van der Waals surface area contributed by atoms with Crippen LogP contribution < -0.4 is 4.90 Å². The van der Waals surface area contributed by atoms with Crippen molar-refractivity contribution in [1.29, 1.82) is 0 Å². The number of carbonyl (C=O) groups is 3. The SMILES string of the molecule is CCCCCCCCCCCCCC(C)CC(C)CC1C(=O)N(c2ccc3c(c2)C(=O)C3)C(=O)C1C. The van der Waals surface area contributed by atoms with Gasteiger partial charge in [-0.2, -0.15) is 0 Å². The lowest BCUT2D eigenvalue weighted by Crippen LogP contribution is -2.32. The normalized spacial score (nSPS) is 21.0. The fourth-order valence-corrected chi connectivity index (χ4v) is 6.19. The number of anilines is 1. The molecule has 4 unspecified atom stereocenters. The van der Waals surface area contributed by atoms with Crippen molar-refractivity contribution >= 4 is 23.3 Å². The molecule has 0 radical (unpaired) electrons. The summed E-state index contributed by atoms with van der Waals surface area (Å²) >= 11 is 0. The average molecular weight is 496 g/mol. The van der Waals surface area contributed by atoms with Gasteiger partial charge in [0, 0.05) is 17.9 Å². The number of benzene rings is 1. The van der Waals surface area contributed by atoms with Crippen LogP contribution in [0.2, 0.25) is 0 Å². The molecule has 3 rings (SSSR count). The van der Waals surface area contributed by atoms with Crippen molar-refractivity contribution in [3.8, 4) is 0 Å². The van der Waals surface area contributed by atoms with Gasteiger partial charge >= 0.3 is 0 Å². The zero-order chi connectivity index (χ0) is 26.1. The summed E-state index contributed by atoms with van der Waals surface area (Å²) in [6.45, 7) is 8.73. The third-order valence-corrected chi connectivity index (χ3v) is 8.52. The van der Waals surface area contributed by atoms with E-state index in [0.29, 0.717) is 29.5 Å². The fourth-order valence-electron chi connectivity index (χ4n) is 6.19. The van der Waals surface area contributed by atoms with Crippen molar-refractivity contribution in [3.63, 3.8) is 0 Å². The maximum atomic E-state index is 13.2. The van der Waals surface area contributed by atoms with Crippen LogP contribution in [0.3, 0.4) is 0 Å². The van der Waals surface area contributed by atoms with Gasteiger partial charge in [-0.15, -0.1) is 0 Å². The number of carbonyl (C=O) groups excluding carboxylic acids is 3. The van der Waals surface area contributed by atoms with E-state index in [-0.39, 0.29) is 29.4 Å². The summed E-state index contributed by atoms with van der Waals surface area (Å²) in [7, 11) is 0. The Kier molecular flexibility index (Phi) is 11.2. The molecule has 0 saturated carbocycles. The molecule has 1 saturated heterocycles. The van der Waals surface area contributed by atoms with Crippen LogP contribution in [0, 0.1) is 23.7 Å². The molecule has 4 heteroatoms. The predicted octanol–water partition coefficient (Wildman–Crippen LogP) is 8.30. The molecule has 2 aliphatic rings. The van der Waals surface area contributed by atoms with Crippen molar-refractivity contribution in [2.24, 2.45) is 23.7 Å². The standard InChI is InChI=1S/C32H49NO3/c1-5-6-7-8-9-10-11-12-13-14-15-16-23(2)19-24(3)20-28-25(4)31(35)33(32(28)36)27-18-17-26-21-30(34)29(26)22-27/h17-18,22-25,28H,5-16,19-21H2,1-4H3. The Morgan fingerprint density at radius 3 is 2.06 bits per heavy atom. The van der Waals surface area contributed by atoms with E-state index in [2.05, 4.69) is 20.8 Å². The minimum Gasteiger partial charge on any atom is -0.294 e. The van der Waals surface area contributed by atoms with E-state index in [4.69, 9.17) is 0 Å². The fraction of sp³-hybridized carbons (Fsp3) is 0.719. The summed E-state index contributed by atoms with van der Waals surface area (Å²) in [6.07, 6.45) is 18.7. The molecule has 4 atom stereocenters. The largest absolute Gasteiger partial charge is 0.294 e. The van der Waals surface area contributed by atoms with Crippen LogP contribution in [-0.2, 0) is 16.0 Å². The van der Waals surface area contributed by atoms with E-state index in [1.165, 1.54) is 81.9 Å². The van der Waals surface area contributed by atoms with E-state index in [0.717, 1.165) is 18.4 Å². The first-order valence-corrected chi connectivity index (χ1v) is 14.9. The van der Waals surface area contributed by atoms with Crippen molar-refractivity contribution in [3.05, 3.63) is 29.3 Å². The Bertz CT molecular complexity index is 891. The Morgan fingerprint density at radius 1 is 0.833 bits per heavy atom. The molecule has 4 nitrogen and oxygen atoms in total. The van der Waals surface area contributed by atoms with Gasteiger partial charge in [0.05, 0.1) is 11.6 Å². The number of ketones is 1. The highest BCUT2D eigenvalue weighted by Crippen LogP contribution is 2.37. The van der Waals surface area contributed by atoms with Gasteiger partial charge in [-0.25, -0.2) is 0 Å². The number of hydrogen-bond donors (Lipinski definition) is 0. The molecule has 0 bridgehead atoms. The molecule has 1 aromatic rings. The number of nitrogens with zero attached hydrogens (tertiary/aromatic N) is 1. The summed E-state index contributed by atoms with van der Waals surface area (Å²) in [6, 6.07) is 5.42. The van der Waals surface area contributed by atoms with Crippen LogP contribution in [0.1, 0.15) is 134 Å². The molecule has 2 amide bonds. The first kappa shape index (κ1) is 28.6. The number of amides is 2.